The Hall–Kier alpha value is -0.510. The maximum Gasteiger partial charge on any atom is 0.183 e. The summed E-state index contributed by atoms with van der Waals surface area (Å²) in [5.74, 6) is 1.21. The van der Waals surface area contributed by atoms with Gasteiger partial charge < -0.3 is 9.47 Å². The maximum absolute atomic E-state index is 5.25. The minimum atomic E-state index is -0.257. The van der Waals surface area contributed by atoms with Gasteiger partial charge in [0, 0.05) is 24.7 Å². The quantitative estimate of drug-likeness (QED) is 0.275. The monoisotopic (exact) mass is 310 g/mol. The lowest BCUT2D eigenvalue weighted by molar-refractivity contribution is -0.106. The Morgan fingerprint density at radius 3 is 2.00 bits per heavy atom. The first-order valence-corrected chi connectivity index (χ1v) is 9.08. The van der Waals surface area contributed by atoms with E-state index in [0.29, 0.717) is 0 Å². The van der Waals surface area contributed by atoms with Gasteiger partial charge in [0.15, 0.2) is 6.29 Å². The Kier molecular flexibility index (Phi) is 10.7. The summed E-state index contributed by atoms with van der Waals surface area (Å²) in [5, 5.41) is 0. The van der Waals surface area contributed by atoms with Gasteiger partial charge >= 0.3 is 0 Å². The molecule has 0 amide bonds. The average molecular weight is 311 g/mol. The van der Waals surface area contributed by atoms with E-state index in [1.54, 1.807) is 14.2 Å². The van der Waals surface area contributed by atoms with Gasteiger partial charge in [-0.25, -0.2) is 0 Å². The molecule has 0 aliphatic rings. The van der Waals surface area contributed by atoms with Crippen LogP contribution in [0, 0.1) is 0 Å². The van der Waals surface area contributed by atoms with Crippen molar-refractivity contribution in [1.82, 2.24) is 0 Å². The molecule has 2 nitrogen and oxygen atoms in total. The van der Waals surface area contributed by atoms with Crippen LogP contribution >= 0.6 is 11.8 Å². The van der Waals surface area contributed by atoms with Crippen LogP contribution in [0.25, 0.3) is 0 Å². The van der Waals surface area contributed by atoms with E-state index in [1.807, 2.05) is 11.8 Å². The van der Waals surface area contributed by atoms with Crippen molar-refractivity contribution in [2.75, 3.05) is 20.0 Å². The zero-order valence-electron chi connectivity index (χ0n) is 13.8. The lowest BCUT2D eigenvalue weighted by Crippen LogP contribution is -2.02. The van der Waals surface area contributed by atoms with Gasteiger partial charge in [0.2, 0.25) is 0 Å². The van der Waals surface area contributed by atoms with Crippen molar-refractivity contribution in [2.24, 2.45) is 0 Å². The summed E-state index contributed by atoms with van der Waals surface area (Å²) in [6.07, 6.45) is 9.36. The minimum absolute atomic E-state index is 0.257. The average Bonchev–Trinajstić information content (AvgIpc) is 2.52. The normalized spacial score (nSPS) is 11.2. The molecule has 0 radical (unpaired) electrons. The van der Waals surface area contributed by atoms with E-state index in [4.69, 9.17) is 9.47 Å². The Morgan fingerprint density at radius 2 is 1.43 bits per heavy atom. The largest absolute Gasteiger partial charge is 0.352 e. The van der Waals surface area contributed by atoms with Crippen LogP contribution in [0.4, 0.5) is 0 Å². The van der Waals surface area contributed by atoms with E-state index in [2.05, 4.69) is 31.2 Å². The minimum Gasteiger partial charge on any atom is -0.352 e. The first kappa shape index (κ1) is 18.5. The standard InChI is InChI=1S/C18H30O2S/c1-4-5-6-7-8-9-10-15-21-17-13-11-16(12-14-17)18(19-2)20-3/h11-14,18H,4-10,15H2,1-3H3. The van der Waals surface area contributed by atoms with E-state index in [1.165, 1.54) is 55.6 Å². The van der Waals surface area contributed by atoms with Crippen molar-refractivity contribution in [1.29, 1.82) is 0 Å². The van der Waals surface area contributed by atoms with Crippen molar-refractivity contribution in [2.45, 2.75) is 63.1 Å². The highest BCUT2D eigenvalue weighted by atomic mass is 32.2. The van der Waals surface area contributed by atoms with Crippen LogP contribution in [0.15, 0.2) is 29.2 Å². The predicted molar refractivity (Wildman–Crippen MR) is 91.9 cm³/mol. The van der Waals surface area contributed by atoms with Gasteiger partial charge in [-0.2, -0.15) is 0 Å². The van der Waals surface area contributed by atoms with Crippen molar-refractivity contribution in [3.63, 3.8) is 0 Å². The van der Waals surface area contributed by atoms with Gasteiger partial charge in [-0.1, -0.05) is 57.6 Å². The fraction of sp³-hybridized carbons (Fsp3) is 0.667. The molecule has 0 spiro atoms. The molecule has 0 saturated heterocycles. The number of hydrogen-bond acceptors (Lipinski definition) is 3. The first-order valence-electron chi connectivity index (χ1n) is 8.10. The molecule has 0 heterocycles. The van der Waals surface area contributed by atoms with Crippen LogP contribution in [0.5, 0.6) is 0 Å². The number of hydrogen-bond donors (Lipinski definition) is 0. The van der Waals surface area contributed by atoms with E-state index in [9.17, 15) is 0 Å². The summed E-state index contributed by atoms with van der Waals surface area (Å²) in [4.78, 5) is 1.33. The number of methoxy groups -OCH3 is 2. The molecule has 0 aliphatic heterocycles. The molecule has 1 aromatic rings. The topological polar surface area (TPSA) is 18.5 Å². The predicted octanol–water partition coefficient (Wildman–Crippen LogP) is 5.82. The highest BCUT2D eigenvalue weighted by molar-refractivity contribution is 7.99. The van der Waals surface area contributed by atoms with Crippen LogP contribution in [0.1, 0.15) is 63.7 Å². The fourth-order valence-corrected chi connectivity index (χ4v) is 3.25. The zero-order chi connectivity index (χ0) is 15.3. The van der Waals surface area contributed by atoms with Crippen LogP contribution in [0.2, 0.25) is 0 Å². The highest BCUT2D eigenvalue weighted by Gasteiger charge is 2.07. The third-order valence-electron chi connectivity index (χ3n) is 3.60. The summed E-state index contributed by atoms with van der Waals surface area (Å²) in [5.41, 5.74) is 1.07. The van der Waals surface area contributed by atoms with Crippen molar-refractivity contribution >= 4 is 11.8 Å². The van der Waals surface area contributed by atoms with E-state index >= 15 is 0 Å². The van der Waals surface area contributed by atoms with Crippen LogP contribution in [-0.4, -0.2) is 20.0 Å². The fourth-order valence-electron chi connectivity index (χ4n) is 2.34. The third kappa shape index (κ3) is 7.89. The summed E-state index contributed by atoms with van der Waals surface area (Å²) < 4.78 is 10.5. The second-order valence-electron chi connectivity index (χ2n) is 5.34. The summed E-state index contributed by atoms with van der Waals surface area (Å²) in [6.45, 7) is 2.27. The number of ether oxygens (including phenoxy) is 2. The van der Waals surface area contributed by atoms with Crippen molar-refractivity contribution < 1.29 is 9.47 Å². The molecular weight excluding hydrogens is 280 g/mol. The third-order valence-corrected chi connectivity index (χ3v) is 4.70. The number of thioether (sulfide) groups is 1. The molecule has 120 valence electrons. The SMILES string of the molecule is CCCCCCCCCSc1ccc(C(OC)OC)cc1. The van der Waals surface area contributed by atoms with E-state index in [-0.39, 0.29) is 6.29 Å². The number of benzene rings is 1. The molecule has 0 bridgehead atoms. The van der Waals surface area contributed by atoms with E-state index in [0.717, 1.165) is 5.56 Å². The lowest BCUT2D eigenvalue weighted by Gasteiger charge is -2.13. The molecule has 0 saturated carbocycles. The van der Waals surface area contributed by atoms with Gasteiger partial charge in [0.1, 0.15) is 0 Å². The zero-order valence-corrected chi connectivity index (χ0v) is 14.6. The summed E-state index contributed by atoms with van der Waals surface area (Å²) in [7, 11) is 3.33. The number of unbranched alkanes of at least 4 members (excludes halogenated alkanes) is 6. The molecular formula is C18H30O2S. The molecule has 0 N–H and O–H groups in total. The Balaban J connectivity index is 2.15. The summed E-state index contributed by atoms with van der Waals surface area (Å²) in [6, 6.07) is 8.49. The van der Waals surface area contributed by atoms with Crippen LogP contribution < -0.4 is 0 Å². The molecule has 21 heavy (non-hydrogen) atoms. The van der Waals surface area contributed by atoms with Gasteiger partial charge in [0.05, 0.1) is 0 Å². The number of rotatable bonds is 12. The second-order valence-corrected chi connectivity index (χ2v) is 6.51. The smallest absolute Gasteiger partial charge is 0.183 e. The van der Waals surface area contributed by atoms with Gasteiger partial charge in [-0.3, -0.25) is 0 Å². The van der Waals surface area contributed by atoms with Gasteiger partial charge in [-0.05, 0) is 24.3 Å². The van der Waals surface area contributed by atoms with Crippen molar-refractivity contribution in [3.05, 3.63) is 29.8 Å². The Bertz CT molecular complexity index is 347. The Labute approximate surface area is 134 Å². The highest BCUT2D eigenvalue weighted by Crippen LogP contribution is 2.24. The Morgan fingerprint density at radius 1 is 0.857 bits per heavy atom. The molecule has 0 aromatic heterocycles. The molecule has 0 fully saturated rings. The van der Waals surface area contributed by atoms with E-state index < -0.39 is 0 Å². The second kappa shape index (κ2) is 12.1. The first-order chi connectivity index (χ1) is 10.3. The molecule has 3 heteroatoms. The van der Waals surface area contributed by atoms with Gasteiger partial charge in [-0.15, -0.1) is 11.8 Å². The lowest BCUT2D eigenvalue weighted by atomic mass is 10.1. The summed E-state index contributed by atoms with van der Waals surface area (Å²) >= 11 is 1.94. The van der Waals surface area contributed by atoms with Crippen LogP contribution in [-0.2, 0) is 9.47 Å². The molecule has 1 aromatic carbocycles. The molecule has 0 unspecified atom stereocenters. The molecule has 0 aliphatic carbocycles. The molecule has 1 rings (SSSR count). The molecule has 0 atom stereocenters. The van der Waals surface area contributed by atoms with Crippen LogP contribution in [0.3, 0.4) is 0 Å². The maximum atomic E-state index is 5.25. The van der Waals surface area contributed by atoms with Crippen molar-refractivity contribution in [3.8, 4) is 0 Å². The van der Waals surface area contributed by atoms with Gasteiger partial charge in [0.25, 0.3) is 0 Å².